The third-order valence-corrected chi connectivity index (χ3v) is 4.75. The van der Waals surface area contributed by atoms with Gasteiger partial charge in [-0.2, -0.15) is 10.2 Å². The number of nitrogens with one attached hydrogen (secondary N) is 1. The van der Waals surface area contributed by atoms with Gasteiger partial charge in [0.05, 0.1) is 12.8 Å². The molecule has 4 rings (SSSR count). The average Bonchev–Trinajstić information content (AvgIpc) is 3.16. The summed E-state index contributed by atoms with van der Waals surface area (Å²) in [5, 5.41) is 10.7. The molecule has 0 saturated heterocycles. The van der Waals surface area contributed by atoms with Crippen LogP contribution in [0.3, 0.4) is 0 Å². The Kier molecular flexibility index (Phi) is 5.30. The molecule has 0 aliphatic rings. The number of hydrazone groups is 1. The zero-order chi connectivity index (χ0) is 19.3. The number of halogens is 1. The molecule has 0 atom stereocenters. The number of carbonyl (C=O) groups excluding carboxylic acids is 1. The fourth-order valence-corrected chi connectivity index (χ4v) is 3.35. The lowest BCUT2D eigenvalue weighted by Gasteiger charge is -2.02. The Labute approximate surface area is 170 Å². The van der Waals surface area contributed by atoms with Gasteiger partial charge in [-0.3, -0.25) is 9.48 Å². The number of nitrogens with zero attached hydrogens (tertiary/aromatic N) is 3. The highest BCUT2D eigenvalue weighted by Crippen LogP contribution is 2.15. The van der Waals surface area contributed by atoms with Crippen LogP contribution in [0.25, 0.3) is 10.8 Å². The van der Waals surface area contributed by atoms with Gasteiger partial charge < -0.3 is 0 Å². The number of hydrogen-bond donors (Lipinski definition) is 1. The van der Waals surface area contributed by atoms with E-state index in [2.05, 4.69) is 37.6 Å². The van der Waals surface area contributed by atoms with Gasteiger partial charge in [0.15, 0.2) is 5.69 Å². The first-order valence-corrected chi connectivity index (χ1v) is 9.57. The topological polar surface area (TPSA) is 59.3 Å². The molecule has 3 aromatic carbocycles. The van der Waals surface area contributed by atoms with Gasteiger partial charge in [-0.15, -0.1) is 0 Å². The van der Waals surface area contributed by atoms with E-state index in [9.17, 15) is 4.79 Å². The van der Waals surface area contributed by atoms with Crippen molar-refractivity contribution in [3.8, 4) is 0 Å². The first kappa shape index (κ1) is 18.1. The predicted molar refractivity (Wildman–Crippen MR) is 114 cm³/mol. The van der Waals surface area contributed by atoms with Crippen LogP contribution in [-0.4, -0.2) is 21.9 Å². The van der Waals surface area contributed by atoms with Gasteiger partial charge in [-0.1, -0.05) is 64.5 Å². The maximum absolute atomic E-state index is 12.3. The lowest BCUT2D eigenvalue weighted by molar-refractivity contribution is 0.0949. The van der Waals surface area contributed by atoms with Crippen LogP contribution in [0.4, 0.5) is 0 Å². The molecule has 138 valence electrons. The Morgan fingerprint density at radius 1 is 1.04 bits per heavy atom. The Hall–Kier alpha value is -3.25. The molecule has 0 unspecified atom stereocenters. The quantitative estimate of drug-likeness (QED) is 0.369. The summed E-state index contributed by atoms with van der Waals surface area (Å²) in [6.07, 6.45) is 3.41. The summed E-state index contributed by atoms with van der Waals surface area (Å²) >= 11 is 3.46. The maximum Gasteiger partial charge on any atom is 0.291 e. The van der Waals surface area contributed by atoms with Crippen molar-refractivity contribution in [1.29, 1.82) is 0 Å². The van der Waals surface area contributed by atoms with Crippen LogP contribution in [0.1, 0.15) is 21.6 Å². The van der Waals surface area contributed by atoms with Crippen molar-refractivity contribution in [3.05, 3.63) is 100 Å². The fraction of sp³-hybridized carbons (Fsp3) is 0.0455. The largest absolute Gasteiger partial charge is 0.291 e. The molecule has 4 aromatic rings. The molecule has 6 heteroatoms. The summed E-state index contributed by atoms with van der Waals surface area (Å²) < 4.78 is 2.74. The molecule has 0 aliphatic heterocycles. The smallest absolute Gasteiger partial charge is 0.268 e. The van der Waals surface area contributed by atoms with Gasteiger partial charge >= 0.3 is 0 Å². The van der Waals surface area contributed by atoms with E-state index in [1.165, 1.54) is 5.39 Å². The summed E-state index contributed by atoms with van der Waals surface area (Å²) in [7, 11) is 0. The van der Waals surface area contributed by atoms with Crippen LogP contribution in [-0.2, 0) is 6.54 Å². The van der Waals surface area contributed by atoms with E-state index in [0.29, 0.717) is 12.2 Å². The van der Waals surface area contributed by atoms with Gasteiger partial charge in [0.2, 0.25) is 0 Å². The minimum Gasteiger partial charge on any atom is -0.268 e. The Morgan fingerprint density at radius 3 is 2.75 bits per heavy atom. The number of hydrogen-bond acceptors (Lipinski definition) is 3. The molecule has 5 nitrogen and oxygen atoms in total. The Balaban J connectivity index is 1.39. The fourth-order valence-electron chi connectivity index (χ4n) is 2.90. The molecular weight excluding hydrogens is 416 g/mol. The third kappa shape index (κ3) is 4.35. The van der Waals surface area contributed by atoms with Crippen molar-refractivity contribution in [2.75, 3.05) is 0 Å². The van der Waals surface area contributed by atoms with Crippen molar-refractivity contribution in [2.45, 2.75) is 6.54 Å². The van der Waals surface area contributed by atoms with E-state index in [0.717, 1.165) is 21.0 Å². The summed E-state index contributed by atoms with van der Waals surface area (Å²) in [5.74, 6) is -0.343. The second-order valence-electron chi connectivity index (χ2n) is 6.33. The van der Waals surface area contributed by atoms with Crippen molar-refractivity contribution in [2.24, 2.45) is 5.10 Å². The number of rotatable bonds is 5. The van der Waals surface area contributed by atoms with Crippen LogP contribution >= 0.6 is 15.9 Å². The molecule has 28 heavy (non-hydrogen) atoms. The number of aromatic nitrogens is 2. The second kappa shape index (κ2) is 8.19. The molecule has 1 heterocycles. The van der Waals surface area contributed by atoms with E-state index >= 15 is 0 Å². The van der Waals surface area contributed by atoms with Gasteiger partial charge in [0.1, 0.15) is 0 Å². The molecule has 0 radical (unpaired) electrons. The summed E-state index contributed by atoms with van der Waals surface area (Å²) in [4.78, 5) is 12.3. The Morgan fingerprint density at radius 2 is 1.89 bits per heavy atom. The van der Waals surface area contributed by atoms with Gasteiger partial charge in [-0.05, 0) is 46.2 Å². The van der Waals surface area contributed by atoms with Crippen molar-refractivity contribution in [3.63, 3.8) is 0 Å². The highest BCUT2D eigenvalue weighted by molar-refractivity contribution is 9.10. The number of benzene rings is 3. The summed E-state index contributed by atoms with van der Waals surface area (Å²) in [6.45, 7) is 0.590. The number of amides is 1. The molecule has 1 amide bonds. The van der Waals surface area contributed by atoms with Crippen LogP contribution in [0.5, 0.6) is 0 Å². The lowest BCUT2D eigenvalue weighted by Crippen LogP contribution is -2.18. The second-order valence-corrected chi connectivity index (χ2v) is 7.25. The molecule has 1 aromatic heterocycles. The lowest BCUT2D eigenvalue weighted by atomic mass is 10.1. The highest BCUT2D eigenvalue weighted by Gasteiger charge is 2.08. The van der Waals surface area contributed by atoms with E-state index < -0.39 is 0 Å². The molecule has 0 spiro atoms. The van der Waals surface area contributed by atoms with Crippen molar-refractivity contribution >= 4 is 38.8 Å². The number of fused-ring (bicyclic) bond motifs is 1. The SMILES string of the molecule is O=C(N/N=C/c1ccc2ccccc2c1)c1ccn(Cc2cccc(Br)c2)n1. The molecule has 1 N–H and O–H groups in total. The third-order valence-electron chi connectivity index (χ3n) is 4.26. The molecule has 0 bridgehead atoms. The van der Waals surface area contributed by atoms with Crippen LogP contribution in [0.2, 0.25) is 0 Å². The summed E-state index contributed by atoms with van der Waals surface area (Å²) in [5.41, 5.74) is 4.87. The van der Waals surface area contributed by atoms with Crippen molar-refractivity contribution < 1.29 is 4.79 Å². The monoisotopic (exact) mass is 432 g/mol. The Bertz CT molecular complexity index is 1170. The minimum absolute atomic E-state index is 0.325. The zero-order valence-electron chi connectivity index (χ0n) is 14.9. The van der Waals surface area contributed by atoms with Crippen LogP contribution in [0.15, 0.2) is 88.6 Å². The first-order chi connectivity index (χ1) is 13.7. The average molecular weight is 433 g/mol. The summed E-state index contributed by atoms with van der Waals surface area (Å²) in [6, 6.07) is 23.8. The van der Waals surface area contributed by atoms with E-state index in [4.69, 9.17) is 0 Å². The number of carbonyl (C=O) groups is 1. The van der Waals surface area contributed by atoms with Gasteiger partial charge in [-0.25, -0.2) is 5.43 Å². The van der Waals surface area contributed by atoms with E-state index in [1.54, 1.807) is 23.2 Å². The highest BCUT2D eigenvalue weighted by atomic mass is 79.9. The standard InChI is InChI=1S/C22H17BrN4O/c23-20-7-3-4-17(13-20)15-27-11-10-21(26-27)22(28)25-24-14-16-8-9-18-5-1-2-6-19(18)12-16/h1-14H,15H2,(H,25,28)/b24-14+. The van der Waals surface area contributed by atoms with Gasteiger partial charge in [0, 0.05) is 10.7 Å². The molecular formula is C22H17BrN4O. The minimum atomic E-state index is -0.343. The zero-order valence-corrected chi connectivity index (χ0v) is 16.5. The maximum atomic E-state index is 12.3. The van der Waals surface area contributed by atoms with Crippen LogP contribution in [0, 0.1) is 0 Å². The molecule has 0 saturated carbocycles. The van der Waals surface area contributed by atoms with Gasteiger partial charge in [0.25, 0.3) is 5.91 Å². The van der Waals surface area contributed by atoms with E-state index in [1.807, 2.05) is 60.7 Å². The van der Waals surface area contributed by atoms with Crippen LogP contribution < -0.4 is 5.43 Å². The predicted octanol–water partition coefficient (Wildman–Crippen LogP) is 4.61. The first-order valence-electron chi connectivity index (χ1n) is 8.77. The van der Waals surface area contributed by atoms with Crippen molar-refractivity contribution in [1.82, 2.24) is 15.2 Å². The normalized spacial score (nSPS) is 11.2. The van der Waals surface area contributed by atoms with E-state index in [-0.39, 0.29) is 5.91 Å². The molecule has 0 fully saturated rings. The molecule has 0 aliphatic carbocycles.